The molecule has 5 atom stereocenters. The lowest BCUT2D eigenvalue weighted by molar-refractivity contribution is -0.230. The number of hydrogen-bond donors (Lipinski definition) is 1. The quantitative estimate of drug-likeness (QED) is 0.854. The van der Waals surface area contributed by atoms with Gasteiger partial charge < -0.3 is 28.8 Å². The Labute approximate surface area is 136 Å². The molecule has 0 bridgehead atoms. The standard InChI is InChI=1S/C17H24O6/c1-17(2)22-15-14(19-3)13(21-16(15)23-17)12(18)10-20-9-11-7-5-4-6-8-11/h4-8,12-16,18H,9-10H2,1-3H3/t12-,13-,14-,15-,16-/m1/s1. The molecule has 2 aliphatic rings. The lowest BCUT2D eigenvalue weighted by atomic mass is 10.1. The predicted octanol–water partition coefficient (Wildman–Crippen LogP) is 1.46. The van der Waals surface area contributed by atoms with E-state index in [9.17, 15) is 5.11 Å². The highest BCUT2D eigenvalue weighted by Crippen LogP contribution is 2.39. The first-order valence-electron chi connectivity index (χ1n) is 7.84. The molecule has 6 heteroatoms. The summed E-state index contributed by atoms with van der Waals surface area (Å²) in [5.74, 6) is -0.703. The van der Waals surface area contributed by atoms with Crippen LogP contribution in [-0.4, -0.2) is 55.3 Å². The van der Waals surface area contributed by atoms with E-state index in [0.29, 0.717) is 6.61 Å². The molecule has 2 aliphatic heterocycles. The minimum absolute atomic E-state index is 0.155. The van der Waals surface area contributed by atoms with Gasteiger partial charge in [-0.25, -0.2) is 0 Å². The first kappa shape index (κ1) is 16.8. The second-order valence-corrected chi connectivity index (χ2v) is 6.34. The molecule has 3 rings (SSSR count). The molecule has 23 heavy (non-hydrogen) atoms. The molecule has 0 aliphatic carbocycles. The van der Waals surface area contributed by atoms with Crippen molar-refractivity contribution in [2.24, 2.45) is 0 Å². The van der Waals surface area contributed by atoms with Crippen LogP contribution in [0.3, 0.4) is 0 Å². The minimum Gasteiger partial charge on any atom is -0.388 e. The van der Waals surface area contributed by atoms with Crippen molar-refractivity contribution in [2.75, 3.05) is 13.7 Å². The van der Waals surface area contributed by atoms with Crippen LogP contribution in [-0.2, 0) is 30.3 Å². The van der Waals surface area contributed by atoms with Gasteiger partial charge in [0.15, 0.2) is 12.1 Å². The van der Waals surface area contributed by atoms with Crippen LogP contribution < -0.4 is 0 Å². The number of methoxy groups -OCH3 is 1. The van der Waals surface area contributed by atoms with Gasteiger partial charge in [0.25, 0.3) is 0 Å². The molecule has 2 fully saturated rings. The highest BCUT2D eigenvalue weighted by molar-refractivity contribution is 5.13. The lowest BCUT2D eigenvalue weighted by Gasteiger charge is -2.27. The molecule has 0 unspecified atom stereocenters. The minimum atomic E-state index is -0.815. The fraction of sp³-hybridized carbons (Fsp3) is 0.647. The van der Waals surface area contributed by atoms with E-state index in [1.807, 2.05) is 44.2 Å². The highest BCUT2D eigenvalue weighted by atomic mass is 16.8. The average molecular weight is 324 g/mol. The molecular formula is C17H24O6. The second kappa shape index (κ2) is 6.84. The van der Waals surface area contributed by atoms with Crippen molar-refractivity contribution in [3.8, 4) is 0 Å². The van der Waals surface area contributed by atoms with Crippen LogP contribution in [0.4, 0.5) is 0 Å². The van der Waals surface area contributed by atoms with Gasteiger partial charge in [0.05, 0.1) is 13.2 Å². The van der Waals surface area contributed by atoms with Crippen molar-refractivity contribution in [1.82, 2.24) is 0 Å². The monoisotopic (exact) mass is 324 g/mol. The molecule has 0 saturated carbocycles. The van der Waals surface area contributed by atoms with Crippen molar-refractivity contribution in [3.05, 3.63) is 35.9 Å². The summed E-state index contributed by atoms with van der Waals surface area (Å²) in [6.45, 7) is 4.25. The Morgan fingerprint density at radius 2 is 1.96 bits per heavy atom. The van der Waals surface area contributed by atoms with Gasteiger partial charge in [-0.1, -0.05) is 30.3 Å². The van der Waals surface area contributed by atoms with Gasteiger partial charge in [-0.2, -0.15) is 0 Å². The molecular weight excluding hydrogens is 300 g/mol. The van der Waals surface area contributed by atoms with Crippen LogP contribution in [0.1, 0.15) is 19.4 Å². The molecule has 2 saturated heterocycles. The van der Waals surface area contributed by atoms with E-state index in [0.717, 1.165) is 5.56 Å². The van der Waals surface area contributed by atoms with Crippen LogP contribution in [0.2, 0.25) is 0 Å². The van der Waals surface area contributed by atoms with E-state index in [1.165, 1.54) is 0 Å². The van der Waals surface area contributed by atoms with Crippen LogP contribution in [0.5, 0.6) is 0 Å². The Balaban J connectivity index is 1.52. The van der Waals surface area contributed by atoms with Crippen molar-refractivity contribution in [1.29, 1.82) is 0 Å². The zero-order chi connectivity index (χ0) is 16.4. The van der Waals surface area contributed by atoms with Gasteiger partial charge in [0, 0.05) is 7.11 Å². The van der Waals surface area contributed by atoms with Crippen LogP contribution in [0.15, 0.2) is 30.3 Å². The second-order valence-electron chi connectivity index (χ2n) is 6.34. The van der Waals surface area contributed by atoms with Gasteiger partial charge in [-0.15, -0.1) is 0 Å². The third kappa shape index (κ3) is 3.74. The van der Waals surface area contributed by atoms with Crippen LogP contribution >= 0.6 is 0 Å². The Bertz CT molecular complexity index is 505. The van der Waals surface area contributed by atoms with Gasteiger partial charge in [0.2, 0.25) is 0 Å². The van der Waals surface area contributed by atoms with E-state index in [-0.39, 0.29) is 12.7 Å². The number of hydrogen-bond acceptors (Lipinski definition) is 6. The van der Waals surface area contributed by atoms with Gasteiger partial charge in [-0.3, -0.25) is 0 Å². The van der Waals surface area contributed by atoms with Gasteiger partial charge in [-0.05, 0) is 19.4 Å². The predicted molar refractivity (Wildman–Crippen MR) is 81.6 cm³/mol. The molecule has 1 N–H and O–H groups in total. The summed E-state index contributed by atoms with van der Waals surface area (Å²) in [6.07, 6.45) is -2.61. The molecule has 1 aromatic rings. The zero-order valence-electron chi connectivity index (χ0n) is 13.7. The van der Waals surface area contributed by atoms with E-state index in [4.69, 9.17) is 23.7 Å². The maximum Gasteiger partial charge on any atom is 0.190 e. The van der Waals surface area contributed by atoms with Crippen LogP contribution in [0, 0.1) is 0 Å². The lowest BCUT2D eigenvalue weighted by Crippen LogP contribution is -2.43. The number of aliphatic hydroxyl groups is 1. The molecule has 0 aromatic heterocycles. The third-order valence-electron chi connectivity index (χ3n) is 4.08. The number of benzene rings is 1. The summed E-state index contributed by atoms with van der Waals surface area (Å²) in [5, 5.41) is 10.4. The summed E-state index contributed by atoms with van der Waals surface area (Å²) in [6, 6.07) is 9.81. The number of rotatable bonds is 6. The van der Waals surface area contributed by atoms with Crippen molar-refractivity contribution in [3.63, 3.8) is 0 Å². The SMILES string of the molecule is CO[C@H]1[C@H]2OC(C)(C)O[C@H]2O[C@@H]1[C@H](O)COCc1ccccc1. The van der Waals surface area contributed by atoms with E-state index in [1.54, 1.807) is 7.11 Å². The zero-order valence-corrected chi connectivity index (χ0v) is 13.7. The first-order chi connectivity index (χ1) is 11.0. The Kier molecular flexibility index (Phi) is 5.01. The average Bonchev–Trinajstić information content (AvgIpc) is 2.99. The maximum absolute atomic E-state index is 10.4. The van der Waals surface area contributed by atoms with E-state index in [2.05, 4.69) is 0 Å². The van der Waals surface area contributed by atoms with Gasteiger partial charge >= 0.3 is 0 Å². The first-order valence-corrected chi connectivity index (χ1v) is 7.84. The molecule has 0 amide bonds. The highest BCUT2D eigenvalue weighted by Gasteiger charge is 2.56. The molecule has 0 radical (unpaired) electrons. The third-order valence-corrected chi connectivity index (χ3v) is 4.08. The summed E-state index contributed by atoms with van der Waals surface area (Å²) in [7, 11) is 1.58. The van der Waals surface area contributed by atoms with E-state index >= 15 is 0 Å². The molecule has 2 heterocycles. The molecule has 128 valence electrons. The molecule has 0 spiro atoms. The fourth-order valence-electron chi connectivity index (χ4n) is 3.05. The summed E-state index contributed by atoms with van der Waals surface area (Å²) < 4.78 is 28.3. The number of fused-ring (bicyclic) bond motifs is 1. The molecule has 1 aromatic carbocycles. The van der Waals surface area contributed by atoms with Crippen molar-refractivity contribution < 1.29 is 28.8 Å². The van der Waals surface area contributed by atoms with Crippen molar-refractivity contribution >= 4 is 0 Å². The van der Waals surface area contributed by atoms with Gasteiger partial charge in [0.1, 0.15) is 24.4 Å². The molecule has 6 nitrogen and oxygen atoms in total. The summed E-state index contributed by atoms with van der Waals surface area (Å²) >= 11 is 0. The Hall–Kier alpha value is -1.02. The topological polar surface area (TPSA) is 66.4 Å². The van der Waals surface area contributed by atoms with E-state index < -0.39 is 30.4 Å². The fourth-order valence-corrected chi connectivity index (χ4v) is 3.05. The Morgan fingerprint density at radius 3 is 2.65 bits per heavy atom. The van der Waals surface area contributed by atoms with Crippen LogP contribution in [0.25, 0.3) is 0 Å². The summed E-state index contributed by atoms with van der Waals surface area (Å²) in [5.41, 5.74) is 1.06. The number of ether oxygens (including phenoxy) is 5. The maximum atomic E-state index is 10.4. The Morgan fingerprint density at radius 1 is 1.22 bits per heavy atom. The number of aliphatic hydroxyl groups excluding tert-OH is 1. The normalized spacial score (nSPS) is 33.6. The summed E-state index contributed by atoms with van der Waals surface area (Å²) in [4.78, 5) is 0. The van der Waals surface area contributed by atoms with Crippen molar-refractivity contribution in [2.45, 2.75) is 56.9 Å². The smallest absolute Gasteiger partial charge is 0.190 e. The largest absolute Gasteiger partial charge is 0.388 e.